The lowest BCUT2D eigenvalue weighted by atomic mass is 10.2. The molecule has 1 heterocycles. The highest BCUT2D eigenvalue weighted by Gasteiger charge is 2.10. The summed E-state index contributed by atoms with van der Waals surface area (Å²) in [4.78, 5) is 0. The molecule has 0 amide bonds. The quantitative estimate of drug-likeness (QED) is 0.557. The van der Waals surface area contributed by atoms with Crippen LogP contribution in [0.3, 0.4) is 0 Å². The predicted molar refractivity (Wildman–Crippen MR) is 31.2 cm³/mol. The number of allylic oxidation sites excluding steroid dienone is 2. The van der Waals surface area contributed by atoms with Gasteiger partial charge < -0.3 is 0 Å². The maximum absolute atomic E-state index is 10.2. The number of hydroxylamine groups is 2. The molecule has 0 bridgehead atoms. The van der Waals surface area contributed by atoms with Crippen LogP contribution in [0, 0.1) is 0 Å². The first-order valence-corrected chi connectivity index (χ1v) is 2.75. The van der Waals surface area contributed by atoms with Crippen molar-refractivity contribution in [3.8, 4) is 0 Å². The normalized spacial score (nSPS) is 25.1. The summed E-state index contributed by atoms with van der Waals surface area (Å²) < 4.78 is 0. The average Bonchev–Trinajstić information content (AvgIpc) is 1.89. The van der Waals surface area contributed by atoms with E-state index in [0.29, 0.717) is 0 Å². The maximum atomic E-state index is 10.2. The van der Waals surface area contributed by atoms with Crippen LogP contribution in [0.4, 0.5) is 0 Å². The molecule has 1 unspecified atom stereocenters. The van der Waals surface area contributed by atoms with Gasteiger partial charge in [0.05, 0.1) is 0 Å². The van der Waals surface area contributed by atoms with E-state index in [1.807, 2.05) is 0 Å². The highest BCUT2D eigenvalue weighted by molar-refractivity contribution is 5.11. The van der Waals surface area contributed by atoms with Crippen LogP contribution in [0.1, 0.15) is 0 Å². The second-order valence-corrected chi connectivity index (χ2v) is 1.84. The Morgan fingerprint density at radius 2 is 2.33 bits per heavy atom. The lowest BCUT2D eigenvalue weighted by molar-refractivity contribution is -0.0851. The van der Waals surface area contributed by atoms with Crippen molar-refractivity contribution in [2.45, 2.75) is 6.04 Å². The van der Waals surface area contributed by atoms with Crippen molar-refractivity contribution in [1.29, 1.82) is 0 Å². The second-order valence-electron chi connectivity index (χ2n) is 1.84. The number of nitrogens with zero attached hydrogens (tertiary/aromatic N) is 1. The van der Waals surface area contributed by atoms with Gasteiger partial charge in [-0.2, -0.15) is 0 Å². The monoisotopic (exact) mass is 126 g/mol. The summed E-state index contributed by atoms with van der Waals surface area (Å²) in [6, 6.07) is -0.380. The van der Waals surface area contributed by atoms with Gasteiger partial charge in [-0.3, -0.25) is 10.3 Å². The smallest absolute Gasteiger partial charge is 0.109 e. The molecular formula is C6H8NO2. The van der Waals surface area contributed by atoms with Gasteiger partial charge in [-0.1, -0.05) is 12.2 Å². The molecule has 3 nitrogen and oxygen atoms in total. The van der Waals surface area contributed by atoms with Crippen LogP contribution in [0.5, 0.6) is 0 Å². The Labute approximate surface area is 53.5 Å². The van der Waals surface area contributed by atoms with Gasteiger partial charge in [0, 0.05) is 6.20 Å². The third-order valence-corrected chi connectivity index (χ3v) is 1.19. The van der Waals surface area contributed by atoms with Crippen LogP contribution in [-0.4, -0.2) is 22.9 Å². The Hall–Kier alpha value is -0.800. The third-order valence-electron chi connectivity index (χ3n) is 1.19. The van der Waals surface area contributed by atoms with E-state index in [0.717, 1.165) is 5.06 Å². The molecule has 0 aromatic heterocycles. The van der Waals surface area contributed by atoms with E-state index >= 15 is 0 Å². The first kappa shape index (κ1) is 6.32. The molecule has 3 heteroatoms. The molecule has 0 saturated carbocycles. The number of hydrogen-bond donors (Lipinski definition) is 1. The number of hydrogen-bond acceptors (Lipinski definition) is 2. The standard InChI is InChI=1S/C6H8NO2/c8-5-6-3-1-2-4-7(6)9/h1-4,6,9H,5H2. The minimum Gasteiger partial charge on any atom is -0.288 e. The van der Waals surface area contributed by atoms with Crippen molar-refractivity contribution in [2.24, 2.45) is 0 Å². The predicted octanol–water partition coefficient (Wildman–Crippen LogP) is 0.560. The summed E-state index contributed by atoms with van der Waals surface area (Å²) >= 11 is 0. The molecular weight excluding hydrogens is 118 g/mol. The van der Waals surface area contributed by atoms with Crippen molar-refractivity contribution in [3.05, 3.63) is 24.4 Å². The van der Waals surface area contributed by atoms with E-state index in [4.69, 9.17) is 5.21 Å². The van der Waals surface area contributed by atoms with Crippen LogP contribution in [0.25, 0.3) is 0 Å². The zero-order chi connectivity index (χ0) is 6.69. The van der Waals surface area contributed by atoms with Crippen molar-refractivity contribution < 1.29 is 10.3 Å². The summed E-state index contributed by atoms with van der Waals surface area (Å²) in [5.41, 5.74) is 0. The summed E-state index contributed by atoms with van der Waals surface area (Å²) in [6.07, 6.45) is 6.54. The van der Waals surface area contributed by atoms with Crippen molar-refractivity contribution in [2.75, 3.05) is 6.61 Å². The van der Waals surface area contributed by atoms with Crippen LogP contribution >= 0.6 is 0 Å². The molecule has 0 saturated heterocycles. The lowest BCUT2D eigenvalue weighted by Gasteiger charge is -2.20. The molecule has 0 aromatic carbocycles. The SMILES string of the molecule is [O]CC1C=CC=CN1O. The van der Waals surface area contributed by atoms with Gasteiger partial charge in [0.2, 0.25) is 0 Å². The fourth-order valence-electron chi connectivity index (χ4n) is 0.661. The summed E-state index contributed by atoms with van der Waals surface area (Å²) in [5.74, 6) is 0. The molecule has 1 rings (SSSR count). The molecule has 0 aliphatic carbocycles. The van der Waals surface area contributed by atoms with E-state index in [2.05, 4.69) is 0 Å². The average molecular weight is 126 g/mol. The van der Waals surface area contributed by atoms with Gasteiger partial charge in [-0.15, -0.1) is 0 Å². The molecule has 1 radical (unpaired) electrons. The topological polar surface area (TPSA) is 43.4 Å². The lowest BCUT2D eigenvalue weighted by Crippen LogP contribution is -2.29. The fraction of sp³-hybridized carbons (Fsp3) is 0.333. The number of rotatable bonds is 1. The molecule has 9 heavy (non-hydrogen) atoms. The Morgan fingerprint density at radius 3 is 2.78 bits per heavy atom. The Balaban J connectivity index is 2.55. The van der Waals surface area contributed by atoms with Gasteiger partial charge in [0.1, 0.15) is 12.6 Å². The first-order chi connectivity index (χ1) is 4.34. The van der Waals surface area contributed by atoms with Gasteiger partial charge in [-0.05, 0) is 6.08 Å². The van der Waals surface area contributed by atoms with E-state index in [1.165, 1.54) is 6.20 Å². The largest absolute Gasteiger partial charge is 0.288 e. The molecule has 49 valence electrons. The van der Waals surface area contributed by atoms with Gasteiger partial charge in [-0.25, -0.2) is 5.11 Å². The zero-order valence-corrected chi connectivity index (χ0v) is 4.90. The van der Waals surface area contributed by atoms with Crippen molar-refractivity contribution in [1.82, 2.24) is 5.06 Å². The molecule has 1 N–H and O–H groups in total. The summed E-state index contributed by atoms with van der Waals surface area (Å²) in [6.45, 7) is -0.308. The van der Waals surface area contributed by atoms with Crippen LogP contribution in [0.2, 0.25) is 0 Å². The molecule has 1 atom stereocenters. The molecule has 1 aliphatic rings. The Kier molecular flexibility index (Phi) is 1.87. The molecule has 0 spiro atoms. The van der Waals surface area contributed by atoms with Crippen molar-refractivity contribution in [3.63, 3.8) is 0 Å². The van der Waals surface area contributed by atoms with Gasteiger partial charge >= 0.3 is 0 Å². The Bertz CT molecular complexity index is 142. The minimum atomic E-state index is -0.380. The van der Waals surface area contributed by atoms with E-state index in [1.54, 1.807) is 18.2 Å². The van der Waals surface area contributed by atoms with Crippen LogP contribution in [-0.2, 0) is 5.11 Å². The fourth-order valence-corrected chi connectivity index (χ4v) is 0.661. The van der Waals surface area contributed by atoms with Gasteiger partial charge in [0.25, 0.3) is 0 Å². The van der Waals surface area contributed by atoms with Crippen molar-refractivity contribution >= 4 is 0 Å². The Morgan fingerprint density at radius 1 is 1.56 bits per heavy atom. The van der Waals surface area contributed by atoms with Crippen LogP contribution < -0.4 is 0 Å². The highest BCUT2D eigenvalue weighted by Crippen LogP contribution is 2.03. The highest BCUT2D eigenvalue weighted by atomic mass is 16.5. The third kappa shape index (κ3) is 1.31. The second kappa shape index (κ2) is 2.66. The van der Waals surface area contributed by atoms with Crippen LogP contribution in [0.15, 0.2) is 24.4 Å². The van der Waals surface area contributed by atoms with E-state index < -0.39 is 0 Å². The minimum absolute atomic E-state index is 0.308. The molecule has 0 aromatic rings. The molecule has 0 fully saturated rings. The maximum Gasteiger partial charge on any atom is 0.109 e. The summed E-state index contributed by atoms with van der Waals surface area (Å²) in [5, 5.41) is 20.0. The molecule has 1 aliphatic heterocycles. The first-order valence-electron chi connectivity index (χ1n) is 2.75. The zero-order valence-electron chi connectivity index (χ0n) is 4.90. The van der Waals surface area contributed by atoms with E-state index in [-0.39, 0.29) is 12.6 Å². The van der Waals surface area contributed by atoms with Gasteiger partial charge in [0.15, 0.2) is 0 Å². The summed E-state index contributed by atoms with van der Waals surface area (Å²) in [7, 11) is 0. The van der Waals surface area contributed by atoms with E-state index in [9.17, 15) is 5.11 Å².